The van der Waals surface area contributed by atoms with Gasteiger partial charge in [0.25, 0.3) is 0 Å². The third kappa shape index (κ3) is 7.61. The molecule has 2 nitrogen and oxygen atoms in total. The second-order valence-electron chi connectivity index (χ2n) is 12.5. The van der Waals surface area contributed by atoms with Gasteiger partial charge >= 0.3 is 0 Å². The van der Waals surface area contributed by atoms with Gasteiger partial charge < -0.3 is 11.5 Å². The predicted molar refractivity (Wildman–Crippen MR) is 176 cm³/mol. The highest BCUT2D eigenvalue weighted by Crippen LogP contribution is 2.47. The molecule has 0 bridgehead atoms. The monoisotopic (exact) mass is 544 g/mol. The van der Waals surface area contributed by atoms with Crippen LogP contribution in [0.25, 0.3) is 0 Å². The van der Waals surface area contributed by atoms with E-state index in [0.717, 1.165) is 30.1 Å². The van der Waals surface area contributed by atoms with Gasteiger partial charge in [-0.05, 0) is 102 Å². The number of benzene rings is 4. The smallest absolute Gasteiger partial charge is 0.0314 e. The minimum absolute atomic E-state index is 0.0954. The lowest BCUT2D eigenvalue weighted by Crippen LogP contribution is -2.33. The number of unbranched alkanes of at least 4 members (excludes halogenated alkanes) is 4. The summed E-state index contributed by atoms with van der Waals surface area (Å²) < 4.78 is 0. The fourth-order valence-electron chi connectivity index (χ4n) is 6.87. The van der Waals surface area contributed by atoms with Crippen LogP contribution in [-0.4, -0.2) is 0 Å². The zero-order valence-electron chi connectivity index (χ0n) is 25.0. The Labute approximate surface area is 248 Å². The quantitative estimate of drug-likeness (QED) is 0.138. The average molecular weight is 545 g/mol. The van der Waals surface area contributed by atoms with Gasteiger partial charge in [0.1, 0.15) is 0 Å². The summed E-state index contributed by atoms with van der Waals surface area (Å²) >= 11 is 0. The fourth-order valence-corrected chi connectivity index (χ4v) is 6.87. The first-order chi connectivity index (χ1) is 20.0. The van der Waals surface area contributed by atoms with Crippen molar-refractivity contribution in [1.82, 2.24) is 0 Å². The fraction of sp³-hybridized carbons (Fsp3) is 0.385. The van der Waals surface area contributed by atoms with Crippen molar-refractivity contribution in [3.63, 3.8) is 0 Å². The first-order valence-electron chi connectivity index (χ1n) is 15.9. The minimum atomic E-state index is 0.0954. The Bertz CT molecular complexity index is 1230. The summed E-state index contributed by atoms with van der Waals surface area (Å²) in [4.78, 5) is 0. The van der Waals surface area contributed by atoms with E-state index in [1.807, 2.05) is 24.3 Å². The molecule has 41 heavy (non-hydrogen) atoms. The molecule has 4 aromatic rings. The highest BCUT2D eigenvalue weighted by atomic mass is 14.5. The topological polar surface area (TPSA) is 52.0 Å². The van der Waals surface area contributed by atoms with Gasteiger partial charge in [-0.3, -0.25) is 0 Å². The average Bonchev–Trinajstić information content (AvgIpc) is 3.01. The first kappa shape index (κ1) is 29.0. The summed E-state index contributed by atoms with van der Waals surface area (Å²) in [5.74, 6) is 0.874. The zero-order chi connectivity index (χ0) is 28.5. The second kappa shape index (κ2) is 13.9. The molecule has 0 unspecified atom stereocenters. The van der Waals surface area contributed by atoms with Crippen LogP contribution in [0.1, 0.15) is 105 Å². The SMILES string of the molecule is CCCCCCCC1CCC(c2ccc(Cc3ccc(N)cc3)cc2)(c2ccc(Cc3ccc(N)cc3)cc2)CC1. The zero-order valence-corrected chi connectivity index (χ0v) is 25.0. The Kier molecular flexibility index (Phi) is 9.83. The third-order valence-corrected chi connectivity index (χ3v) is 9.46. The van der Waals surface area contributed by atoms with Crippen LogP contribution in [0.2, 0.25) is 0 Å². The van der Waals surface area contributed by atoms with Crippen molar-refractivity contribution in [2.24, 2.45) is 5.92 Å². The summed E-state index contributed by atoms with van der Waals surface area (Å²) in [6.07, 6.45) is 15.3. The van der Waals surface area contributed by atoms with Crippen LogP contribution in [0.3, 0.4) is 0 Å². The highest BCUT2D eigenvalue weighted by molar-refractivity contribution is 5.45. The van der Waals surface area contributed by atoms with E-state index in [9.17, 15) is 0 Å². The molecule has 1 aliphatic carbocycles. The van der Waals surface area contributed by atoms with Crippen molar-refractivity contribution in [1.29, 1.82) is 0 Å². The van der Waals surface area contributed by atoms with Crippen LogP contribution >= 0.6 is 0 Å². The Morgan fingerprint density at radius 3 is 1.34 bits per heavy atom. The van der Waals surface area contributed by atoms with E-state index in [4.69, 9.17) is 11.5 Å². The van der Waals surface area contributed by atoms with E-state index >= 15 is 0 Å². The van der Waals surface area contributed by atoms with E-state index < -0.39 is 0 Å². The normalized spacial score (nSPS) is 15.1. The molecule has 5 rings (SSSR count). The van der Waals surface area contributed by atoms with Gasteiger partial charge in [-0.25, -0.2) is 0 Å². The molecule has 214 valence electrons. The van der Waals surface area contributed by atoms with Gasteiger partial charge in [0.2, 0.25) is 0 Å². The molecule has 0 spiro atoms. The Hall–Kier alpha value is -3.52. The molecule has 4 aromatic carbocycles. The molecule has 2 heteroatoms. The molecule has 0 radical (unpaired) electrons. The van der Waals surface area contributed by atoms with Gasteiger partial charge in [-0.15, -0.1) is 0 Å². The second-order valence-corrected chi connectivity index (χ2v) is 12.5. The van der Waals surface area contributed by atoms with Crippen molar-refractivity contribution in [2.75, 3.05) is 11.5 Å². The van der Waals surface area contributed by atoms with Gasteiger partial charge in [0, 0.05) is 16.8 Å². The van der Waals surface area contributed by atoms with E-state index in [1.54, 1.807) is 0 Å². The Balaban J connectivity index is 1.33. The van der Waals surface area contributed by atoms with E-state index in [-0.39, 0.29) is 5.41 Å². The van der Waals surface area contributed by atoms with Crippen LogP contribution in [-0.2, 0) is 18.3 Å². The van der Waals surface area contributed by atoms with Crippen LogP contribution < -0.4 is 11.5 Å². The van der Waals surface area contributed by atoms with Gasteiger partial charge in [0.05, 0.1) is 0 Å². The molecule has 0 heterocycles. The molecular weight excluding hydrogens is 496 g/mol. The van der Waals surface area contributed by atoms with E-state index in [0.29, 0.717) is 0 Å². The summed E-state index contributed by atoms with van der Waals surface area (Å²) in [6.45, 7) is 2.30. The lowest BCUT2D eigenvalue weighted by molar-refractivity contribution is 0.250. The molecule has 1 fully saturated rings. The van der Waals surface area contributed by atoms with Crippen LogP contribution in [0.4, 0.5) is 11.4 Å². The predicted octanol–water partition coefficient (Wildman–Crippen LogP) is 9.87. The number of hydrogen-bond acceptors (Lipinski definition) is 2. The van der Waals surface area contributed by atoms with E-state index in [1.165, 1.54) is 97.6 Å². The molecular formula is C39H48N2. The molecule has 0 aromatic heterocycles. The molecule has 0 atom stereocenters. The standard InChI is InChI=1S/C39H48N2/c1-2-3-4-5-6-7-30-24-26-39(27-25-30,35-16-8-31(9-17-35)28-33-12-20-37(40)21-13-33)36-18-10-32(11-19-36)29-34-14-22-38(41)23-15-34/h8-23,30H,2-7,24-29,40-41H2,1H3. The largest absolute Gasteiger partial charge is 0.399 e. The number of rotatable bonds is 12. The minimum Gasteiger partial charge on any atom is -0.399 e. The number of hydrogen-bond donors (Lipinski definition) is 2. The third-order valence-electron chi connectivity index (χ3n) is 9.46. The maximum absolute atomic E-state index is 5.90. The molecule has 4 N–H and O–H groups in total. The number of nitrogen functional groups attached to an aromatic ring is 2. The van der Waals surface area contributed by atoms with Crippen molar-refractivity contribution in [3.05, 3.63) is 130 Å². The van der Waals surface area contributed by atoms with Crippen LogP contribution in [0, 0.1) is 5.92 Å². The molecule has 1 aliphatic rings. The Morgan fingerprint density at radius 1 is 0.537 bits per heavy atom. The summed E-state index contributed by atoms with van der Waals surface area (Å²) in [6, 6.07) is 35.6. The van der Waals surface area contributed by atoms with Crippen LogP contribution in [0.15, 0.2) is 97.1 Å². The maximum atomic E-state index is 5.90. The lowest BCUT2D eigenvalue weighted by Gasteiger charge is -2.42. The number of nitrogens with two attached hydrogens (primary N) is 2. The summed E-state index contributed by atoms with van der Waals surface area (Å²) in [5, 5.41) is 0. The first-order valence-corrected chi connectivity index (χ1v) is 15.9. The molecule has 0 amide bonds. The highest BCUT2D eigenvalue weighted by Gasteiger charge is 2.38. The van der Waals surface area contributed by atoms with E-state index in [2.05, 4.69) is 79.7 Å². The Morgan fingerprint density at radius 2 is 0.927 bits per heavy atom. The summed E-state index contributed by atoms with van der Waals surface area (Å²) in [5.41, 5.74) is 21.8. The molecule has 0 saturated heterocycles. The van der Waals surface area contributed by atoms with Crippen molar-refractivity contribution >= 4 is 11.4 Å². The van der Waals surface area contributed by atoms with Gasteiger partial charge in [-0.2, -0.15) is 0 Å². The number of anilines is 2. The lowest BCUT2D eigenvalue weighted by atomic mass is 9.62. The van der Waals surface area contributed by atoms with Crippen LogP contribution in [0.5, 0.6) is 0 Å². The summed E-state index contributed by atoms with van der Waals surface area (Å²) in [7, 11) is 0. The molecule has 0 aliphatic heterocycles. The maximum Gasteiger partial charge on any atom is 0.0314 e. The van der Waals surface area contributed by atoms with Crippen molar-refractivity contribution in [3.8, 4) is 0 Å². The van der Waals surface area contributed by atoms with Crippen molar-refractivity contribution in [2.45, 2.75) is 89.4 Å². The van der Waals surface area contributed by atoms with Gasteiger partial charge in [-0.1, -0.05) is 118 Å². The molecule has 1 saturated carbocycles. The van der Waals surface area contributed by atoms with Crippen molar-refractivity contribution < 1.29 is 0 Å². The van der Waals surface area contributed by atoms with Gasteiger partial charge in [0.15, 0.2) is 0 Å².